The van der Waals surface area contributed by atoms with E-state index in [2.05, 4.69) is 32.6 Å². The number of rotatable bonds is 7. The van der Waals surface area contributed by atoms with Gasteiger partial charge in [-0.15, -0.1) is 0 Å². The Bertz CT molecular complexity index is 635. The Kier molecular flexibility index (Phi) is 5.97. The van der Waals surface area contributed by atoms with E-state index in [1.807, 2.05) is 0 Å². The normalized spacial score (nSPS) is 21.3. The molecule has 1 aliphatic heterocycles. The van der Waals surface area contributed by atoms with E-state index in [9.17, 15) is 8.42 Å². The van der Waals surface area contributed by atoms with Crippen molar-refractivity contribution in [3.05, 3.63) is 24.3 Å². The van der Waals surface area contributed by atoms with E-state index in [0.29, 0.717) is 17.4 Å². The largest absolute Gasteiger partial charge is 0.493 e. The van der Waals surface area contributed by atoms with E-state index in [4.69, 9.17) is 4.74 Å². The number of hydrogen-bond acceptors (Lipinski definition) is 4. The lowest BCUT2D eigenvalue weighted by Gasteiger charge is -2.31. The Morgan fingerprint density at radius 3 is 2.42 bits per heavy atom. The number of nitrogens with zero attached hydrogens (tertiary/aromatic N) is 1. The second kappa shape index (κ2) is 7.44. The zero-order valence-electron chi connectivity index (χ0n) is 15.6. The molecule has 0 saturated carbocycles. The van der Waals surface area contributed by atoms with E-state index in [-0.39, 0.29) is 5.54 Å². The molecule has 0 amide bonds. The topological polar surface area (TPSA) is 46.6 Å². The lowest BCUT2D eigenvalue weighted by atomic mass is 9.96. The molecular weight excluding hydrogens is 322 g/mol. The van der Waals surface area contributed by atoms with Crippen LogP contribution in [0.4, 0.5) is 0 Å². The van der Waals surface area contributed by atoms with Crippen molar-refractivity contribution in [2.24, 2.45) is 11.8 Å². The highest BCUT2D eigenvalue weighted by molar-refractivity contribution is 7.90. The Labute approximate surface area is 147 Å². The number of hydrogen-bond donors (Lipinski definition) is 0. The minimum atomic E-state index is -3.15. The number of likely N-dealkylation sites (tertiary alicyclic amines) is 1. The molecule has 0 N–H and O–H groups in total. The molecule has 136 valence electrons. The summed E-state index contributed by atoms with van der Waals surface area (Å²) in [5.41, 5.74) is 0.225. The van der Waals surface area contributed by atoms with Crippen molar-refractivity contribution in [1.29, 1.82) is 0 Å². The van der Waals surface area contributed by atoms with Crippen LogP contribution in [0.25, 0.3) is 0 Å². The zero-order valence-corrected chi connectivity index (χ0v) is 16.4. The van der Waals surface area contributed by atoms with Crippen molar-refractivity contribution in [2.75, 3.05) is 26.0 Å². The molecule has 1 aromatic carbocycles. The summed E-state index contributed by atoms with van der Waals surface area (Å²) in [6, 6.07) is 6.70. The molecule has 5 heteroatoms. The first-order valence-corrected chi connectivity index (χ1v) is 10.6. The lowest BCUT2D eigenvalue weighted by molar-refractivity contribution is 0.165. The van der Waals surface area contributed by atoms with E-state index in [0.717, 1.165) is 31.2 Å². The van der Waals surface area contributed by atoms with Gasteiger partial charge >= 0.3 is 0 Å². The highest BCUT2D eigenvalue weighted by Crippen LogP contribution is 2.33. The minimum Gasteiger partial charge on any atom is -0.493 e. The molecule has 2 rings (SSSR count). The van der Waals surface area contributed by atoms with E-state index >= 15 is 0 Å². The van der Waals surface area contributed by atoms with E-state index in [1.54, 1.807) is 24.3 Å². The second-order valence-electron chi connectivity index (χ2n) is 8.07. The molecule has 0 radical (unpaired) electrons. The molecule has 0 aliphatic carbocycles. The maximum absolute atomic E-state index is 11.5. The minimum absolute atomic E-state index is 0.225. The summed E-state index contributed by atoms with van der Waals surface area (Å²) in [4.78, 5) is 2.91. The fourth-order valence-corrected chi connectivity index (χ4v) is 4.01. The third kappa shape index (κ3) is 5.21. The predicted molar refractivity (Wildman–Crippen MR) is 98.3 cm³/mol. The van der Waals surface area contributed by atoms with E-state index < -0.39 is 9.84 Å². The third-order valence-corrected chi connectivity index (χ3v) is 5.97. The van der Waals surface area contributed by atoms with Crippen molar-refractivity contribution in [1.82, 2.24) is 4.90 Å². The predicted octanol–water partition coefficient (Wildman–Crippen LogP) is 3.62. The highest BCUT2D eigenvalue weighted by atomic mass is 32.2. The first-order valence-electron chi connectivity index (χ1n) is 8.76. The molecule has 1 aromatic rings. The average molecular weight is 354 g/mol. The molecule has 4 nitrogen and oxygen atoms in total. The Balaban J connectivity index is 1.88. The van der Waals surface area contributed by atoms with Gasteiger partial charge in [0.25, 0.3) is 0 Å². The van der Waals surface area contributed by atoms with Gasteiger partial charge in [0.1, 0.15) is 5.75 Å². The van der Waals surface area contributed by atoms with Crippen LogP contribution in [0.5, 0.6) is 5.75 Å². The van der Waals surface area contributed by atoms with Gasteiger partial charge in [0.05, 0.1) is 11.5 Å². The van der Waals surface area contributed by atoms with Crippen LogP contribution in [0.2, 0.25) is 0 Å². The number of sulfone groups is 1. The van der Waals surface area contributed by atoms with Gasteiger partial charge in [-0.25, -0.2) is 8.42 Å². The van der Waals surface area contributed by atoms with Crippen molar-refractivity contribution in [3.63, 3.8) is 0 Å². The fraction of sp³-hybridized carbons (Fsp3) is 0.684. The van der Waals surface area contributed by atoms with Gasteiger partial charge in [-0.2, -0.15) is 0 Å². The molecule has 1 unspecified atom stereocenters. The van der Waals surface area contributed by atoms with Crippen LogP contribution in [-0.2, 0) is 9.84 Å². The van der Waals surface area contributed by atoms with Crippen LogP contribution < -0.4 is 4.74 Å². The maximum Gasteiger partial charge on any atom is 0.175 e. The summed E-state index contributed by atoms with van der Waals surface area (Å²) in [5.74, 6) is 1.98. The van der Waals surface area contributed by atoms with Crippen molar-refractivity contribution in [3.8, 4) is 5.75 Å². The van der Waals surface area contributed by atoms with Gasteiger partial charge in [-0.1, -0.05) is 13.8 Å². The quantitative estimate of drug-likeness (QED) is 0.751. The smallest absolute Gasteiger partial charge is 0.175 e. The number of benzene rings is 1. The van der Waals surface area contributed by atoms with Gasteiger partial charge in [0.15, 0.2) is 9.84 Å². The summed E-state index contributed by atoms with van der Waals surface area (Å²) >= 11 is 0. The molecule has 0 aromatic heterocycles. The van der Waals surface area contributed by atoms with Crippen LogP contribution in [-0.4, -0.2) is 44.8 Å². The van der Waals surface area contributed by atoms with Gasteiger partial charge < -0.3 is 4.74 Å². The summed E-state index contributed by atoms with van der Waals surface area (Å²) in [7, 11) is -3.15. The van der Waals surface area contributed by atoms with Gasteiger partial charge in [-0.3, -0.25) is 4.90 Å². The van der Waals surface area contributed by atoms with Crippen LogP contribution in [0, 0.1) is 11.8 Å². The average Bonchev–Trinajstić information content (AvgIpc) is 2.76. The molecule has 0 spiro atoms. The first kappa shape index (κ1) is 19.3. The van der Waals surface area contributed by atoms with Crippen molar-refractivity contribution in [2.45, 2.75) is 51.0 Å². The molecular formula is C19H31NO3S. The summed E-state index contributed by atoms with van der Waals surface area (Å²) in [6.45, 7) is 12.1. The Morgan fingerprint density at radius 1 is 1.25 bits per heavy atom. The van der Waals surface area contributed by atoms with Crippen LogP contribution in [0.3, 0.4) is 0 Å². The van der Waals surface area contributed by atoms with Gasteiger partial charge in [-0.05, 0) is 63.4 Å². The summed E-state index contributed by atoms with van der Waals surface area (Å²) in [6.07, 6.45) is 3.58. The van der Waals surface area contributed by atoms with E-state index in [1.165, 1.54) is 12.7 Å². The van der Waals surface area contributed by atoms with Crippen molar-refractivity contribution >= 4 is 9.84 Å². The van der Waals surface area contributed by atoms with Crippen LogP contribution in [0.15, 0.2) is 29.2 Å². The SMILES string of the molecule is CC(C)CCN1CC(COc2ccc(S(C)(=O)=O)cc2)CC1(C)C. The molecule has 1 atom stereocenters. The van der Waals surface area contributed by atoms with Gasteiger partial charge in [0, 0.05) is 24.3 Å². The number of ether oxygens (including phenoxy) is 1. The monoisotopic (exact) mass is 353 g/mol. The van der Waals surface area contributed by atoms with Crippen LogP contribution >= 0.6 is 0 Å². The third-order valence-electron chi connectivity index (χ3n) is 4.84. The molecule has 24 heavy (non-hydrogen) atoms. The summed E-state index contributed by atoms with van der Waals surface area (Å²) < 4.78 is 28.9. The lowest BCUT2D eigenvalue weighted by Crippen LogP contribution is -2.39. The van der Waals surface area contributed by atoms with Crippen LogP contribution in [0.1, 0.15) is 40.5 Å². The standard InChI is InChI=1S/C19H31NO3S/c1-15(2)10-11-20-13-16(12-19(20,3)4)14-23-17-6-8-18(9-7-17)24(5,21)22/h6-9,15-16H,10-14H2,1-5H3. The molecule has 1 aliphatic rings. The molecule has 1 fully saturated rings. The van der Waals surface area contributed by atoms with Crippen molar-refractivity contribution < 1.29 is 13.2 Å². The molecule has 0 bridgehead atoms. The maximum atomic E-state index is 11.5. The summed E-state index contributed by atoms with van der Waals surface area (Å²) in [5, 5.41) is 0. The van der Waals surface area contributed by atoms with Gasteiger partial charge in [0.2, 0.25) is 0 Å². The zero-order chi connectivity index (χ0) is 18.0. The second-order valence-corrected chi connectivity index (χ2v) is 10.1. The molecule has 1 saturated heterocycles. The Hall–Kier alpha value is -1.07. The molecule has 1 heterocycles. The highest BCUT2D eigenvalue weighted by Gasteiger charge is 2.38. The Morgan fingerprint density at radius 2 is 1.88 bits per heavy atom. The fourth-order valence-electron chi connectivity index (χ4n) is 3.38. The first-order chi connectivity index (χ1) is 11.1.